The normalized spacial score (nSPS) is 11.0. The van der Waals surface area contributed by atoms with Gasteiger partial charge in [-0.15, -0.1) is 0 Å². The first-order chi connectivity index (χ1) is 11.3. The van der Waals surface area contributed by atoms with Gasteiger partial charge < -0.3 is 14.8 Å². The summed E-state index contributed by atoms with van der Waals surface area (Å²) < 4.78 is 35.8. The van der Waals surface area contributed by atoms with Crippen LogP contribution in [0.2, 0.25) is 0 Å². The lowest BCUT2D eigenvalue weighted by molar-refractivity contribution is 0.0953. The highest BCUT2D eigenvalue weighted by Gasteiger charge is 2.24. The van der Waals surface area contributed by atoms with Crippen LogP contribution in [0.4, 0.5) is 5.69 Å². The molecule has 24 heavy (non-hydrogen) atoms. The van der Waals surface area contributed by atoms with Gasteiger partial charge in [-0.25, -0.2) is 8.42 Å². The van der Waals surface area contributed by atoms with Gasteiger partial charge in [-0.05, 0) is 19.4 Å². The average molecular weight is 358 g/mol. The van der Waals surface area contributed by atoms with Gasteiger partial charge in [0.25, 0.3) is 5.91 Å². The molecule has 1 N–H and O–H groups in total. The Bertz CT molecular complexity index is 673. The molecule has 0 aliphatic heterocycles. The number of nitrogens with zero attached hydrogens (tertiary/aromatic N) is 1. The zero-order valence-corrected chi connectivity index (χ0v) is 15.7. The van der Waals surface area contributed by atoms with Crippen LogP contribution in [0, 0.1) is 0 Å². The first-order valence-corrected chi connectivity index (χ1v) is 9.66. The topological polar surface area (TPSA) is 84.9 Å². The minimum Gasteiger partial charge on any atom is -0.493 e. The highest BCUT2D eigenvalue weighted by Crippen LogP contribution is 2.36. The smallest absolute Gasteiger partial charge is 0.253 e. The van der Waals surface area contributed by atoms with E-state index in [1.807, 2.05) is 6.92 Å². The lowest BCUT2D eigenvalue weighted by Crippen LogP contribution is -2.33. The van der Waals surface area contributed by atoms with E-state index in [2.05, 4.69) is 5.32 Å². The summed E-state index contributed by atoms with van der Waals surface area (Å²) in [6, 6.07) is 3.02. The Morgan fingerprint density at radius 3 is 2.21 bits per heavy atom. The van der Waals surface area contributed by atoms with E-state index in [-0.39, 0.29) is 23.7 Å². The van der Waals surface area contributed by atoms with E-state index in [0.29, 0.717) is 18.0 Å². The van der Waals surface area contributed by atoms with Crippen LogP contribution < -0.4 is 19.1 Å². The molecule has 0 saturated carbocycles. The van der Waals surface area contributed by atoms with Gasteiger partial charge in [-0.3, -0.25) is 9.10 Å². The van der Waals surface area contributed by atoms with Crippen molar-refractivity contribution in [2.45, 2.75) is 26.7 Å². The van der Waals surface area contributed by atoms with E-state index < -0.39 is 10.0 Å². The predicted octanol–water partition coefficient (Wildman–Crippen LogP) is 2.02. The average Bonchev–Trinajstić information content (AvgIpc) is 2.53. The molecule has 0 spiro atoms. The molecular formula is C16H26N2O5S. The Kier molecular flexibility index (Phi) is 7.34. The van der Waals surface area contributed by atoms with Gasteiger partial charge in [-0.1, -0.05) is 13.3 Å². The van der Waals surface area contributed by atoms with Crippen LogP contribution in [0.5, 0.6) is 11.5 Å². The number of benzene rings is 1. The number of anilines is 1. The molecule has 0 atom stereocenters. The number of hydrogen-bond acceptors (Lipinski definition) is 5. The predicted molar refractivity (Wildman–Crippen MR) is 94.7 cm³/mol. The van der Waals surface area contributed by atoms with Crippen molar-refractivity contribution in [2.24, 2.45) is 0 Å². The maximum Gasteiger partial charge on any atom is 0.253 e. The highest BCUT2D eigenvalue weighted by atomic mass is 32.2. The number of carbonyl (C=O) groups is 1. The fraction of sp³-hybridized carbons (Fsp3) is 0.562. The summed E-state index contributed by atoms with van der Waals surface area (Å²) in [4.78, 5) is 12.5. The molecule has 0 bridgehead atoms. The van der Waals surface area contributed by atoms with Crippen molar-refractivity contribution >= 4 is 21.6 Å². The molecule has 0 radical (unpaired) electrons. The molecule has 0 heterocycles. The molecule has 1 aromatic carbocycles. The van der Waals surface area contributed by atoms with Gasteiger partial charge in [0, 0.05) is 19.2 Å². The summed E-state index contributed by atoms with van der Waals surface area (Å²) in [6.45, 7) is 4.45. The minimum absolute atomic E-state index is 0.198. The third-order valence-electron chi connectivity index (χ3n) is 3.52. The fourth-order valence-corrected chi connectivity index (χ4v) is 3.29. The van der Waals surface area contributed by atoms with Gasteiger partial charge in [-0.2, -0.15) is 0 Å². The summed E-state index contributed by atoms with van der Waals surface area (Å²) in [5.74, 6) is 0.382. The summed E-state index contributed by atoms with van der Waals surface area (Å²) >= 11 is 0. The molecule has 0 saturated heterocycles. The lowest BCUT2D eigenvalue weighted by Gasteiger charge is -2.24. The molecule has 136 valence electrons. The number of rotatable bonds is 9. The van der Waals surface area contributed by atoms with Crippen molar-refractivity contribution in [1.82, 2.24) is 5.32 Å². The van der Waals surface area contributed by atoms with Crippen molar-refractivity contribution < 1.29 is 22.7 Å². The molecule has 0 aliphatic rings. The van der Waals surface area contributed by atoms with Crippen molar-refractivity contribution in [3.63, 3.8) is 0 Å². The number of carbonyl (C=O) groups excluding carboxylic acids is 1. The summed E-state index contributed by atoms with van der Waals surface area (Å²) in [5, 5.41) is 2.80. The fourth-order valence-electron chi connectivity index (χ4n) is 2.31. The van der Waals surface area contributed by atoms with Crippen LogP contribution in [0.3, 0.4) is 0 Å². The van der Waals surface area contributed by atoms with Crippen LogP contribution in [0.25, 0.3) is 0 Å². The lowest BCUT2D eigenvalue weighted by atomic mass is 10.1. The Labute approximate surface area is 144 Å². The molecule has 7 nitrogen and oxygen atoms in total. The van der Waals surface area contributed by atoms with Gasteiger partial charge in [0.15, 0.2) is 11.5 Å². The maximum atomic E-state index is 12.5. The van der Waals surface area contributed by atoms with Gasteiger partial charge in [0.05, 0.1) is 31.7 Å². The van der Waals surface area contributed by atoms with Crippen molar-refractivity contribution in [2.75, 3.05) is 37.9 Å². The second-order valence-corrected chi connectivity index (χ2v) is 7.17. The largest absolute Gasteiger partial charge is 0.493 e. The first kappa shape index (κ1) is 20.1. The Hall–Kier alpha value is -1.96. The van der Waals surface area contributed by atoms with Crippen LogP contribution >= 0.6 is 0 Å². The standard InChI is InChI=1S/C16H26N2O5S/c1-6-8-9-17-16(19)12-10-14(22-3)15(23-4)11-13(12)18(7-2)24(5,20)21/h10-11H,6-9H2,1-5H3,(H,17,19). The Morgan fingerprint density at radius 1 is 1.17 bits per heavy atom. The Balaban J connectivity index is 3.44. The second kappa shape index (κ2) is 8.77. The minimum atomic E-state index is -3.54. The highest BCUT2D eigenvalue weighted by molar-refractivity contribution is 7.92. The van der Waals surface area contributed by atoms with E-state index in [0.717, 1.165) is 19.1 Å². The van der Waals surface area contributed by atoms with Crippen LogP contribution in [0.15, 0.2) is 12.1 Å². The maximum absolute atomic E-state index is 12.5. The SMILES string of the molecule is CCCCNC(=O)c1cc(OC)c(OC)cc1N(CC)S(C)(=O)=O. The van der Waals surface area contributed by atoms with E-state index in [1.165, 1.54) is 30.7 Å². The van der Waals surface area contributed by atoms with E-state index in [1.54, 1.807) is 6.92 Å². The summed E-state index contributed by atoms with van der Waals surface area (Å²) in [5.41, 5.74) is 0.502. The van der Waals surface area contributed by atoms with Crippen molar-refractivity contribution in [3.8, 4) is 11.5 Å². The van der Waals surface area contributed by atoms with Gasteiger partial charge >= 0.3 is 0 Å². The molecule has 1 rings (SSSR count). The molecule has 0 aliphatic carbocycles. The zero-order chi connectivity index (χ0) is 18.3. The molecule has 0 unspecified atom stereocenters. The zero-order valence-electron chi connectivity index (χ0n) is 14.9. The quantitative estimate of drug-likeness (QED) is 0.683. The molecule has 0 aromatic heterocycles. The monoisotopic (exact) mass is 358 g/mol. The van der Waals surface area contributed by atoms with Crippen LogP contribution in [-0.2, 0) is 10.0 Å². The number of methoxy groups -OCH3 is 2. The summed E-state index contributed by atoms with van der Waals surface area (Å²) in [7, 11) is -0.616. The molecule has 0 fully saturated rings. The number of amides is 1. The summed E-state index contributed by atoms with van der Waals surface area (Å²) in [6.07, 6.45) is 2.90. The van der Waals surface area contributed by atoms with E-state index in [4.69, 9.17) is 9.47 Å². The molecule has 1 aromatic rings. The van der Waals surface area contributed by atoms with Crippen molar-refractivity contribution in [3.05, 3.63) is 17.7 Å². The molecule has 8 heteroatoms. The number of sulfonamides is 1. The number of nitrogens with one attached hydrogen (secondary N) is 1. The second-order valence-electron chi connectivity index (χ2n) is 5.26. The van der Waals surface area contributed by atoms with Crippen LogP contribution in [0.1, 0.15) is 37.0 Å². The van der Waals surface area contributed by atoms with Crippen LogP contribution in [-0.4, -0.2) is 47.9 Å². The van der Waals surface area contributed by atoms with Gasteiger partial charge in [0.2, 0.25) is 10.0 Å². The number of ether oxygens (including phenoxy) is 2. The number of hydrogen-bond donors (Lipinski definition) is 1. The molecule has 1 amide bonds. The number of unbranched alkanes of at least 4 members (excludes halogenated alkanes) is 1. The first-order valence-electron chi connectivity index (χ1n) is 7.82. The third kappa shape index (κ3) is 4.77. The molecular weight excluding hydrogens is 332 g/mol. The van der Waals surface area contributed by atoms with Crippen molar-refractivity contribution in [1.29, 1.82) is 0 Å². The van der Waals surface area contributed by atoms with E-state index in [9.17, 15) is 13.2 Å². The van der Waals surface area contributed by atoms with Gasteiger partial charge in [0.1, 0.15) is 0 Å². The third-order valence-corrected chi connectivity index (χ3v) is 4.77. The Morgan fingerprint density at radius 2 is 1.75 bits per heavy atom. The van der Waals surface area contributed by atoms with E-state index >= 15 is 0 Å².